The van der Waals surface area contributed by atoms with Crippen LogP contribution >= 0.6 is 0 Å². The Bertz CT molecular complexity index is 331. The lowest BCUT2D eigenvalue weighted by Gasteiger charge is -2.21. The first-order valence-electron chi connectivity index (χ1n) is 5.11. The molecule has 1 aliphatic rings. The van der Waals surface area contributed by atoms with Crippen LogP contribution in [0.4, 0.5) is 5.82 Å². The topological polar surface area (TPSA) is 42.2 Å². The van der Waals surface area contributed by atoms with Crippen molar-refractivity contribution in [2.45, 2.75) is 32.4 Å². The van der Waals surface area contributed by atoms with E-state index in [4.69, 9.17) is 5.73 Å². The molecule has 76 valence electrons. The summed E-state index contributed by atoms with van der Waals surface area (Å²) in [5.41, 5.74) is 8.17. The second kappa shape index (κ2) is 3.58. The first kappa shape index (κ1) is 9.46. The van der Waals surface area contributed by atoms with Crippen LogP contribution in [0.3, 0.4) is 0 Å². The van der Waals surface area contributed by atoms with Gasteiger partial charge < -0.3 is 10.6 Å². The average Bonchev–Trinajstić information content (AvgIpc) is 2.99. The number of nitrogens with zero attached hydrogens (tertiary/aromatic N) is 2. The van der Waals surface area contributed by atoms with Gasteiger partial charge in [0.1, 0.15) is 5.82 Å². The summed E-state index contributed by atoms with van der Waals surface area (Å²) >= 11 is 0. The van der Waals surface area contributed by atoms with Gasteiger partial charge in [0.25, 0.3) is 0 Å². The lowest BCUT2D eigenvalue weighted by molar-refractivity contribution is 0.867. The van der Waals surface area contributed by atoms with Crippen molar-refractivity contribution in [2.75, 3.05) is 11.9 Å². The number of pyridine rings is 1. The van der Waals surface area contributed by atoms with Gasteiger partial charge in [-0.1, -0.05) is 0 Å². The quantitative estimate of drug-likeness (QED) is 0.786. The summed E-state index contributed by atoms with van der Waals surface area (Å²) < 4.78 is 0. The van der Waals surface area contributed by atoms with Gasteiger partial charge in [-0.3, -0.25) is 0 Å². The van der Waals surface area contributed by atoms with Gasteiger partial charge in [-0.25, -0.2) is 4.98 Å². The van der Waals surface area contributed by atoms with Gasteiger partial charge in [0, 0.05) is 31.4 Å². The molecule has 0 aliphatic heterocycles. The van der Waals surface area contributed by atoms with Gasteiger partial charge in [0.2, 0.25) is 0 Å². The summed E-state index contributed by atoms with van der Waals surface area (Å²) in [6.07, 6.45) is 4.44. The molecule has 14 heavy (non-hydrogen) atoms. The highest BCUT2D eigenvalue weighted by Crippen LogP contribution is 2.31. The highest BCUT2D eigenvalue weighted by Gasteiger charge is 2.28. The normalized spacial score (nSPS) is 15.6. The minimum absolute atomic E-state index is 0.575. The van der Waals surface area contributed by atoms with Crippen LogP contribution < -0.4 is 10.6 Å². The van der Waals surface area contributed by atoms with Crippen molar-refractivity contribution < 1.29 is 0 Å². The molecule has 3 heteroatoms. The van der Waals surface area contributed by atoms with E-state index in [2.05, 4.69) is 23.9 Å². The van der Waals surface area contributed by atoms with Crippen LogP contribution in [0.15, 0.2) is 12.3 Å². The third-order valence-corrected chi connectivity index (χ3v) is 2.90. The predicted molar refractivity (Wildman–Crippen MR) is 58.3 cm³/mol. The van der Waals surface area contributed by atoms with Gasteiger partial charge in [-0.15, -0.1) is 0 Å². The van der Waals surface area contributed by atoms with E-state index in [9.17, 15) is 0 Å². The molecule has 0 amide bonds. The molecule has 1 saturated carbocycles. The first-order chi connectivity index (χ1) is 6.74. The van der Waals surface area contributed by atoms with Crippen LogP contribution in [-0.2, 0) is 6.54 Å². The van der Waals surface area contributed by atoms with Crippen molar-refractivity contribution in [1.82, 2.24) is 4.98 Å². The van der Waals surface area contributed by atoms with Crippen molar-refractivity contribution in [3.05, 3.63) is 23.4 Å². The number of aryl methyl sites for hydroxylation is 1. The number of hydrogen-bond donors (Lipinski definition) is 1. The molecule has 0 saturated heterocycles. The fourth-order valence-electron chi connectivity index (χ4n) is 1.77. The molecule has 3 nitrogen and oxygen atoms in total. The third-order valence-electron chi connectivity index (χ3n) is 2.90. The van der Waals surface area contributed by atoms with Crippen molar-refractivity contribution in [2.24, 2.45) is 5.73 Å². The molecular formula is C11H17N3. The third kappa shape index (κ3) is 1.60. The summed E-state index contributed by atoms with van der Waals surface area (Å²) in [4.78, 5) is 6.68. The van der Waals surface area contributed by atoms with E-state index >= 15 is 0 Å². The minimum atomic E-state index is 0.575. The molecule has 1 fully saturated rings. The van der Waals surface area contributed by atoms with Crippen LogP contribution in [0.5, 0.6) is 0 Å². The molecule has 1 heterocycles. The zero-order chi connectivity index (χ0) is 10.1. The maximum atomic E-state index is 5.74. The van der Waals surface area contributed by atoms with Crippen molar-refractivity contribution in [3.8, 4) is 0 Å². The smallest absolute Gasteiger partial charge is 0.133 e. The van der Waals surface area contributed by atoms with Crippen LogP contribution in [0, 0.1) is 6.92 Å². The van der Waals surface area contributed by atoms with Crippen LogP contribution in [0.25, 0.3) is 0 Å². The molecule has 2 N–H and O–H groups in total. The van der Waals surface area contributed by atoms with Gasteiger partial charge in [-0.2, -0.15) is 0 Å². The van der Waals surface area contributed by atoms with E-state index in [1.165, 1.54) is 24.0 Å². The van der Waals surface area contributed by atoms with Gasteiger partial charge in [0.05, 0.1) is 0 Å². The molecule has 1 aliphatic carbocycles. The number of aromatic nitrogens is 1. The molecule has 0 unspecified atom stereocenters. The van der Waals surface area contributed by atoms with Crippen molar-refractivity contribution in [3.63, 3.8) is 0 Å². The summed E-state index contributed by atoms with van der Waals surface area (Å²) in [6.45, 7) is 2.67. The van der Waals surface area contributed by atoms with Crippen LogP contribution in [0.2, 0.25) is 0 Å². The highest BCUT2D eigenvalue weighted by atomic mass is 15.2. The molecule has 2 rings (SSSR count). The molecule has 0 aromatic carbocycles. The lowest BCUT2D eigenvalue weighted by Crippen LogP contribution is -2.23. The molecular weight excluding hydrogens is 174 g/mol. The van der Waals surface area contributed by atoms with Crippen molar-refractivity contribution in [1.29, 1.82) is 0 Å². The maximum Gasteiger partial charge on any atom is 0.133 e. The van der Waals surface area contributed by atoms with E-state index < -0.39 is 0 Å². The number of anilines is 1. The predicted octanol–water partition coefficient (Wildman–Crippen LogP) is 1.45. The standard InChI is InChI=1S/C11H17N3/c1-8-5-6-13-11(10(8)7-12)14(2)9-3-4-9/h5-6,9H,3-4,7,12H2,1-2H3. The van der Waals surface area contributed by atoms with E-state index in [1.807, 2.05) is 12.3 Å². The summed E-state index contributed by atoms with van der Waals surface area (Å²) in [5.74, 6) is 1.06. The number of nitrogens with two attached hydrogens (primary N) is 1. The zero-order valence-corrected chi connectivity index (χ0v) is 8.83. The summed E-state index contributed by atoms with van der Waals surface area (Å²) in [6, 6.07) is 2.71. The van der Waals surface area contributed by atoms with Gasteiger partial charge in [-0.05, 0) is 31.4 Å². The van der Waals surface area contributed by atoms with Crippen molar-refractivity contribution >= 4 is 5.82 Å². The monoisotopic (exact) mass is 191 g/mol. The number of hydrogen-bond acceptors (Lipinski definition) is 3. The van der Waals surface area contributed by atoms with E-state index in [0.717, 1.165) is 5.82 Å². The first-order valence-corrected chi connectivity index (χ1v) is 5.11. The maximum absolute atomic E-state index is 5.74. The Balaban J connectivity index is 2.35. The minimum Gasteiger partial charge on any atom is -0.356 e. The Morgan fingerprint density at radius 3 is 2.86 bits per heavy atom. The Hall–Kier alpha value is -1.09. The Labute approximate surface area is 84.9 Å². The van der Waals surface area contributed by atoms with E-state index in [-0.39, 0.29) is 0 Å². The Kier molecular flexibility index (Phi) is 2.42. The SMILES string of the molecule is Cc1ccnc(N(C)C2CC2)c1CN. The zero-order valence-electron chi connectivity index (χ0n) is 8.83. The summed E-state index contributed by atoms with van der Waals surface area (Å²) in [7, 11) is 2.11. The van der Waals surface area contributed by atoms with Gasteiger partial charge in [0.15, 0.2) is 0 Å². The molecule has 0 spiro atoms. The lowest BCUT2D eigenvalue weighted by atomic mass is 10.1. The van der Waals surface area contributed by atoms with Gasteiger partial charge >= 0.3 is 0 Å². The molecule has 0 atom stereocenters. The average molecular weight is 191 g/mol. The largest absolute Gasteiger partial charge is 0.356 e. The Morgan fingerprint density at radius 2 is 2.29 bits per heavy atom. The van der Waals surface area contributed by atoms with E-state index in [1.54, 1.807) is 0 Å². The second-order valence-electron chi connectivity index (χ2n) is 3.98. The molecule has 1 aromatic rings. The fourth-order valence-corrected chi connectivity index (χ4v) is 1.77. The fraction of sp³-hybridized carbons (Fsp3) is 0.545. The summed E-state index contributed by atoms with van der Waals surface area (Å²) in [5, 5.41) is 0. The van der Waals surface area contributed by atoms with Crippen LogP contribution in [-0.4, -0.2) is 18.1 Å². The molecule has 1 aromatic heterocycles. The number of rotatable bonds is 3. The Morgan fingerprint density at radius 1 is 1.57 bits per heavy atom. The van der Waals surface area contributed by atoms with E-state index in [0.29, 0.717) is 12.6 Å². The second-order valence-corrected chi connectivity index (χ2v) is 3.98. The molecule has 0 bridgehead atoms. The molecule has 0 radical (unpaired) electrons. The van der Waals surface area contributed by atoms with Crippen LogP contribution in [0.1, 0.15) is 24.0 Å². The highest BCUT2D eigenvalue weighted by molar-refractivity contribution is 5.51.